The van der Waals surface area contributed by atoms with Gasteiger partial charge in [0.05, 0.1) is 13.2 Å². The summed E-state index contributed by atoms with van der Waals surface area (Å²) in [6.45, 7) is 7.80. The predicted octanol–water partition coefficient (Wildman–Crippen LogP) is 3.57. The molecule has 2 rings (SSSR count). The van der Waals surface area contributed by atoms with Crippen molar-refractivity contribution in [3.8, 4) is 11.5 Å². The van der Waals surface area contributed by atoms with Gasteiger partial charge in [-0.2, -0.15) is 0 Å². The minimum absolute atomic E-state index is 0.0168. The molecule has 148 valence electrons. The first kappa shape index (κ1) is 21.0. The Balaban J connectivity index is 1.97. The number of methoxy groups -OCH3 is 1. The average Bonchev–Trinajstić information content (AvgIpc) is 2.65. The minimum atomic E-state index is -0.456. The number of aryl methyl sites for hydroxylation is 2. The molecule has 0 unspecified atom stereocenters. The van der Waals surface area contributed by atoms with Crippen LogP contribution in [-0.4, -0.2) is 25.0 Å². The first-order valence-electron chi connectivity index (χ1n) is 9.00. The molecule has 0 saturated carbocycles. The standard InChI is InChI=1S/C22H26N2O4/c1-14(2)28-19-10-8-18(13-20(19)27-5)22(26)24-23-21(25)11-9-17-7-6-15(3)12-16(17)4/h6-14H,1-5H3,(H,23,25)(H,24,26)/b11-9+. The molecule has 0 bridgehead atoms. The van der Waals surface area contributed by atoms with E-state index in [1.165, 1.54) is 13.2 Å². The molecule has 6 nitrogen and oxygen atoms in total. The summed E-state index contributed by atoms with van der Waals surface area (Å²) >= 11 is 0. The van der Waals surface area contributed by atoms with E-state index in [0.717, 1.165) is 16.7 Å². The van der Waals surface area contributed by atoms with E-state index < -0.39 is 11.8 Å². The van der Waals surface area contributed by atoms with Gasteiger partial charge in [0.15, 0.2) is 11.5 Å². The fourth-order valence-corrected chi connectivity index (χ4v) is 2.57. The molecule has 6 heteroatoms. The lowest BCUT2D eigenvalue weighted by molar-refractivity contribution is -0.117. The third kappa shape index (κ3) is 5.87. The largest absolute Gasteiger partial charge is 0.493 e. The van der Waals surface area contributed by atoms with Crippen LogP contribution in [0.1, 0.15) is 40.9 Å². The fraction of sp³-hybridized carbons (Fsp3) is 0.273. The second-order valence-corrected chi connectivity index (χ2v) is 6.67. The Labute approximate surface area is 165 Å². The highest BCUT2D eigenvalue weighted by atomic mass is 16.5. The third-order valence-electron chi connectivity index (χ3n) is 3.93. The molecular weight excluding hydrogens is 356 g/mol. The zero-order chi connectivity index (χ0) is 20.7. The Morgan fingerprint density at radius 1 is 1.00 bits per heavy atom. The molecule has 0 radical (unpaired) electrons. The second-order valence-electron chi connectivity index (χ2n) is 6.67. The lowest BCUT2D eigenvalue weighted by atomic mass is 10.1. The van der Waals surface area contributed by atoms with Crippen LogP contribution in [0.5, 0.6) is 11.5 Å². The van der Waals surface area contributed by atoms with Crippen LogP contribution in [0.3, 0.4) is 0 Å². The van der Waals surface area contributed by atoms with Gasteiger partial charge in [0.25, 0.3) is 11.8 Å². The summed E-state index contributed by atoms with van der Waals surface area (Å²) < 4.78 is 10.9. The van der Waals surface area contributed by atoms with E-state index in [4.69, 9.17) is 9.47 Å². The van der Waals surface area contributed by atoms with Crippen LogP contribution in [0.4, 0.5) is 0 Å². The molecule has 28 heavy (non-hydrogen) atoms. The van der Waals surface area contributed by atoms with Crippen molar-refractivity contribution in [1.82, 2.24) is 10.9 Å². The monoisotopic (exact) mass is 382 g/mol. The van der Waals surface area contributed by atoms with Crippen LogP contribution < -0.4 is 20.3 Å². The Hall–Kier alpha value is -3.28. The molecule has 2 aromatic carbocycles. The van der Waals surface area contributed by atoms with Crippen molar-refractivity contribution >= 4 is 17.9 Å². The Kier molecular flexibility index (Phi) is 7.21. The van der Waals surface area contributed by atoms with Crippen molar-refractivity contribution in [1.29, 1.82) is 0 Å². The highest BCUT2D eigenvalue weighted by Crippen LogP contribution is 2.28. The van der Waals surface area contributed by atoms with Crippen LogP contribution in [0.2, 0.25) is 0 Å². The first-order valence-corrected chi connectivity index (χ1v) is 9.00. The Morgan fingerprint density at radius 3 is 2.39 bits per heavy atom. The summed E-state index contributed by atoms with van der Waals surface area (Å²) in [5.74, 6) is 0.111. The maximum atomic E-state index is 12.3. The van der Waals surface area contributed by atoms with Gasteiger partial charge in [0.2, 0.25) is 0 Å². The Bertz CT molecular complexity index is 888. The summed E-state index contributed by atoms with van der Waals surface area (Å²) in [5.41, 5.74) is 8.27. The molecule has 0 fully saturated rings. The number of rotatable bonds is 6. The average molecular weight is 382 g/mol. The van der Waals surface area contributed by atoms with E-state index >= 15 is 0 Å². The number of amides is 2. The van der Waals surface area contributed by atoms with E-state index in [1.807, 2.05) is 45.9 Å². The minimum Gasteiger partial charge on any atom is -0.493 e. The molecule has 0 aliphatic carbocycles. The van der Waals surface area contributed by atoms with Crippen LogP contribution in [0.15, 0.2) is 42.5 Å². The topological polar surface area (TPSA) is 76.7 Å². The van der Waals surface area contributed by atoms with Gasteiger partial charge >= 0.3 is 0 Å². The number of hydrogen-bond donors (Lipinski definition) is 2. The van der Waals surface area contributed by atoms with Crippen molar-refractivity contribution in [2.45, 2.75) is 33.8 Å². The summed E-state index contributed by atoms with van der Waals surface area (Å²) in [7, 11) is 1.50. The third-order valence-corrected chi connectivity index (χ3v) is 3.93. The van der Waals surface area contributed by atoms with Gasteiger partial charge in [-0.3, -0.25) is 20.4 Å². The summed E-state index contributed by atoms with van der Waals surface area (Å²) in [5, 5.41) is 0. The van der Waals surface area contributed by atoms with Gasteiger partial charge in [0, 0.05) is 11.6 Å². The SMILES string of the molecule is COc1cc(C(=O)NNC(=O)/C=C/c2ccc(C)cc2C)ccc1OC(C)C. The fourth-order valence-electron chi connectivity index (χ4n) is 2.57. The van der Waals surface area contributed by atoms with Gasteiger partial charge in [-0.05, 0) is 63.1 Å². The van der Waals surface area contributed by atoms with Gasteiger partial charge < -0.3 is 9.47 Å². The maximum Gasteiger partial charge on any atom is 0.269 e. The van der Waals surface area contributed by atoms with E-state index in [1.54, 1.807) is 24.3 Å². The summed E-state index contributed by atoms with van der Waals surface area (Å²) in [6, 6.07) is 10.8. The van der Waals surface area contributed by atoms with Gasteiger partial charge in [-0.15, -0.1) is 0 Å². The molecule has 0 heterocycles. The molecule has 2 amide bonds. The Morgan fingerprint density at radius 2 is 1.75 bits per heavy atom. The lowest BCUT2D eigenvalue weighted by Crippen LogP contribution is -2.40. The first-order chi connectivity index (χ1) is 13.3. The number of benzene rings is 2. The van der Waals surface area contributed by atoms with Crippen molar-refractivity contribution in [2.24, 2.45) is 0 Å². The predicted molar refractivity (Wildman–Crippen MR) is 109 cm³/mol. The van der Waals surface area contributed by atoms with Gasteiger partial charge in [0.1, 0.15) is 0 Å². The molecule has 0 aliphatic heterocycles. The van der Waals surface area contributed by atoms with E-state index in [-0.39, 0.29) is 6.10 Å². The number of hydrazine groups is 1. The van der Waals surface area contributed by atoms with Crippen molar-refractivity contribution in [2.75, 3.05) is 7.11 Å². The maximum absolute atomic E-state index is 12.3. The van der Waals surface area contributed by atoms with Crippen molar-refractivity contribution in [3.05, 3.63) is 64.7 Å². The molecule has 0 saturated heterocycles. The molecule has 0 aliphatic rings. The molecule has 0 spiro atoms. The quantitative estimate of drug-likeness (QED) is 0.591. The summed E-state index contributed by atoms with van der Waals surface area (Å²) in [4.78, 5) is 24.2. The number of carbonyl (C=O) groups excluding carboxylic acids is 2. The number of carbonyl (C=O) groups is 2. The van der Waals surface area contributed by atoms with E-state index in [9.17, 15) is 9.59 Å². The van der Waals surface area contributed by atoms with Crippen LogP contribution in [0, 0.1) is 13.8 Å². The number of nitrogens with one attached hydrogen (secondary N) is 2. The van der Waals surface area contributed by atoms with Gasteiger partial charge in [-0.25, -0.2) is 0 Å². The van der Waals surface area contributed by atoms with E-state index in [2.05, 4.69) is 10.9 Å². The normalized spacial score (nSPS) is 10.8. The highest BCUT2D eigenvalue weighted by Gasteiger charge is 2.12. The molecule has 2 aromatic rings. The second kappa shape index (κ2) is 9.60. The molecule has 0 atom stereocenters. The molecule has 0 aromatic heterocycles. The molecular formula is C22H26N2O4. The van der Waals surface area contributed by atoms with Crippen molar-refractivity contribution in [3.63, 3.8) is 0 Å². The van der Waals surface area contributed by atoms with Crippen LogP contribution in [-0.2, 0) is 4.79 Å². The zero-order valence-electron chi connectivity index (χ0n) is 16.8. The number of hydrogen-bond acceptors (Lipinski definition) is 4. The highest BCUT2D eigenvalue weighted by molar-refractivity contribution is 5.98. The number of ether oxygens (including phenoxy) is 2. The zero-order valence-corrected chi connectivity index (χ0v) is 16.8. The van der Waals surface area contributed by atoms with Crippen LogP contribution in [0.25, 0.3) is 6.08 Å². The smallest absolute Gasteiger partial charge is 0.269 e. The van der Waals surface area contributed by atoms with Crippen LogP contribution >= 0.6 is 0 Å². The van der Waals surface area contributed by atoms with E-state index in [0.29, 0.717) is 17.1 Å². The van der Waals surface area contributed by atoms with Gasteiger partial charge in [-0.1, -0.05) is 23.8 Å². The lowest BCUT2D eigenvalue weighted by Gasteiger charge is -2.14. The van der Waals surface area contributed by atoms with Crippen molar-refractivity contribution < 1.29 is 19.1 Å². The summed E-state index contributed by atoms with van der Waals surface area (Å²) in [6.07, 6.45) is 3.06. The molecule has 2 N–H and O–H groups in total.